The van der Waals surface area contributed by atoms with Gasteiger partial charge in [0, 0.05) is 16.8 Å². The van der Waals surface area contributed by atoms with Crippen LogP contribution in [0, 0.1) is 5.41 Å². The fourth-order valence-corrected chi connectivity index (χ4v) is 2.62. The van der Waals surface area contributed by atoms with E-state index in [0.29, 0.717) is 16.3 Å². The number of amides is 3. The Kier molecular flexibility index (Phi) is 6.15. The molecule has 1 aromatic carbocycles. The van der Waals surface area contributed by atoms with Gasteiger partial charge in [0.05, 0.1) is 4.88 Å². The maximum Gasteiger partial charge on any atom is 0.265 e. The van der Waals surface area contributed by atoms with Gasteiger partial charge in [-0.1, -0.05) is 32.9 Å². The Morgan fingerprint density at radius 1 is 1.00 bits per heavy atom. The summed E-state index contributed by atoms with van der Waals surface area (Å²) in [6.45, 7) is 6.98. The molecule has 1 unspecified atom stereocenters. The third-order valence-corrected chi connectivity index (χ3v) is 4.42. The third kappa shape index (κ3) is 5.42. The highest BCUT2D eigenvalue weighted by Crippen LogP contribution is 2.18. The zero-order valence-corrected chi connectivity index (χ0v) is 16.1. The van der Waals surface area contributed by atoms with Crippen molar-refractivity contribution in [2.45, 2.75) is 33.7 Å². The first-order valence-electron chi connectivity index (χ1n) is 8.23. The fraction of sp³-hybridized carbons (Fsp3) is 0.316. The standard InChI is InChI=1S/C19H23N3O3S/c1-12(20-18(25)19(2,3)4)16(23)21-13-7-5-8-14(11-13)22-17(24)15-9-6-10-26-15/h5-12H,1-4H3,(H,20,25)(H,21,23)(H,22,24). The molecule has 0 aliphatic rings. The second-order valence-corrected chi connectivity index (χ2v) is 7.89. The number of nitrogens with one attached hydrogen (secondary N) is 3. The average Bonchev–Trinajstić information content (AvgIpc) is 3.08. The number of hydrogen-bond donors (Lipinski definition) is 3. The van der Waals surface area contributed by atoms with Crippen LogP contribution < -0.4 is 16.0 Å². The SMILES string of the molecule is CC(NC(=O)C(C)(C)C)C(=O)Nc1cccc(NC(=O)c2cccs2)c1. The summed E-state index contributed by atoms with van der Waals surface area (Å²) < 4.78 is 0. The van der Waals surface area contributed by atoms with Crippen molar-refractivity contribution in [3.63, 3.8) is 0 Å². The van der Waals surface area contributed by atoms with Crippen LogP contribution >= 0.6 is 11.3 Å². The highest BCUT2D eigenvalue weighted by atomic mass is 32.1. The maximum atomic E-state index is 12.3. The van der Waals surface area contributed by atoms with E-state index in [1.807, 2.05) is 11.4 Å². The average molecular weight is 373 g/mol. The van der Waals surface area contributed by atoms with Crippen molar-refractivity contribution in [1.82, 2.24) is 5.32 Å². The quantitative estimate of drug-likeness (QED) is 0.750. The molecule has 0 aliphatic heterocycles. The molecule has 3 N–H and O–H groups in total. The summed E-state index contributed by atoms with van der Waals surface area (Å²) in [6, 6.07) is 9.74. The molecule has 2 rings (SSSR count). The molecule has 0 saturated carbocycles. The summed E-state index contributed by atoms with van der Waals surface area (Å²) in [5, 5.41) is 10.1. The highest BCUT2D eigenvalue weighted by molar-refractivity contribution is 7.12. The van der Waals surface area contributed by atoms with Gasteiger partial charge in [-0.25, -0.2) is 0 Å². The van der Waals surface area contributed by atoms with Gasteiger partial charge < -0.3 is 16.0 Å². The minimum atomic E-state index is -0.675. The summed E-state index contributed by atoms with van der Waals surface area (Å²) in [6.07, 6.45) is 0. The third-order valence-electron chi connectivity index (χ3n) is 3.56. The Morgan fingerprint density at radius 3 is 2.23 bits per heavy atom. The van der Waals surface area contributed by atoms with Gasteiger partial charge in [-0.05, 0) is 36.6 Å². The van der Waals surface area contributed by atoms with E-state index in [0.717, 1.165) is 0 Å². The van der Waals surface area contributed by atoms with Crippen LogP contribution in [0.15, 0.2) is 41.8 Å². The smallest absolute Gasteiger partial charge is 0.265 e. The largest absolute Gasteiger partial charge is 0.344 e. The number of carbonyl (C=O) groups is 3. The van der Waals surface area contributed by atoms with Crippen molar-refractivity contribution in [3.8, 4) is 0 Å². The topological polar surface area (TPSA) is 87.3 Å². The lowest BCUT2D eigenvalue weighted by molar-refractivity contribution is -0.131. The van der Waals surface area contributed by atoms with E-state index in [-0.39, 0.29) is 17.7 Å². The predicted molar refractivity (Wildman–Crippen MR) is 104 cm³/mol. The van der Waals surface area contributed by atoms with Gasteiger partial charge in [-0.15, -0.1) is 11.3 Å². The van der Waals surface area contributed by atoms with Crippen molar-refractivity contribution in [2.24, 2.45) is 5.41 Å². The van der Waals surface area contributed by atoms with Crippen molar-refractivity contribution in [1.29, 1.82) is 0 Å². The van der Waals surface area contributed by atoms with Gasteiger partial charge in [-0.3, -0.25) is 14.4 Å². The zero-order valence-electron chi connectivity index (χ0n) is 15.3. The van der Waals surface area contributed by atoms with E-state index in [1.54, 1.807) is 58.0 Å². The van der Waals surface area contributed by atoms with E-state index in [2.05, 4.69) is 16.0 Å². The molecule has 0 bridgehead atoms. The second kappa shape index (κ2) is 8.14. The van der Waals surface area contributed by atoms with Crippen molar-refractivity contribution < 1.29 is 14.4 Å². The maximum absolute atomic E-state index is 12.3. The first-order chi connectivity index (χ1) is 12.2. The van der Waals surface area contributed by atoms with Crippen LogP contribution in [0.1, 0.15) is 37.4 Å². The van der Waals surface area contributed by atoms with Gasteiger partial charge in [0.25, 0.3) is 5.91 Å². The Labute approximate surface area is 157 Å². The summed E-state index contributed by atoms with van der Waals surface area (Å²) in [4.78, 5) is 37.0. The molecule has 26 heavy (non-hydrogen) atoms. The zero-order chi connectivity index (χ0) is 19.3. The number of anilines is 2. The molecule has 1 aromatic heterocycles. The molecule has 6 nitrogen and oxygen atoms in total. The van der Waals surface area contributed by atoms with Crippen LogP contribution in [0.3, 0.4) is 0 Å². The molecule has 1 atom stereocenters. The predicted octanol–water partition coefficient (Wildman–Crippen LogP) is 3.49. The van der Waals surface area contributed by atoms with Crippen LogP contribution in [-0.2, 0) is 9.59 Å². The normalized spacial score (nSPS) is 12.2. The molecule has 1 heterocycles. The Hall–Kier alpha value is -2.67. The van der Waals surface area contributed by atoms with E-state index in [1.165, 1.54) is 11.3 Å². The van der Waals surface area contributed by atoms with Gasteiger partial charge in [0.15, 0.2) is 0 Å². The first-order valence-corrected chi connectivity index (χ1v) is 9.11. The summed E-state index contributed by atoms with van der Waals surface area (Å²) in [5.41, 5.74) is 0.545. The van der Waals surface area contributed by atoms with Crippen LogP contribution in [0.25, 0.3) is 0 Å². The minimum Gasteiger partial charge on any atom is -0.344 e. The number of carbonyl (C=O) groups excluding carboxylic acids is 3. The van der Waals surface area contributed by atoms with Crippen LogP contribution in [0.5, 0.6) is 0 Å². The second-order valence-electron chi connectivity index (χ2n) is 6.95. The molecular weight excluding hydrogens is 350 g/mol. The molecular formula is C19H23N3O3S. The van der Waals surface area contributed by atoms with Crippen molar-refractivity contribution in [3.05, 3.63) is 46.7 Å². The molecule has 7 heteroatoms. The Morgan fingerprint density at radius 2 is 1.65 bits per heavy atom. The van der Waals surface area contributed by atoms with E-state index in [9.17, 15) is 14.4 Å². The number of rotatable bonds is 5. The van der Waals surface area contributed by atoms with Crippen LogP contribution in [-0.4, -0.2) is 23.8 Å². The molecule has 138 valence electrons. The van der Waals surface area contributed by atoms with Gasteiger partial charge in [0.1, 0.15) is 6.04 Å². The molecule has 0 aliphatic carbocycles. The molecule has 0 fully saturated rings. The summed E-state index contributed by atoms with van der Waals surface area (Å²) in [7, 11) is 0. The van der Waals surface area contributed by atoms with Crippen LogP contribution in [0.4, 0.5) is 11.4 Å². The van der Waals surface area contributed by atoms with Crippen molar-refractivity contribution >= 4 is 40.4 Å². The highest BCUT2D eigenvalue weighted by Gasteiger charge is 2.25. The number of thiophene rings is 1. The molecule has 0 radical (unpaired) electrons. The number of benzene rings is 1. The van der Waals surface area contributed by atoms with E-state index < -0.39 is 11.5 Å². The first kappa shape index (κ1) is 19.7. The fourth-order valence-electron chi connectivity index (χ4n) is 2.00. The minimum absolute atomic E-state index is 0.197. The lowest BCUT2D eigenvalue weighted by Gasteiger charge is -2.21. The molecule has 0 saturated heterocycles. The Balaban J connectivity index is 1.98. The van der Waals surface area contributed by atoms with Gasteiger partial charge in [-0.2, -0.15) is 0 Å². The van der Waals surface area contributed by atoms with E-state index in [4.69, 9.17) is 0 Å². The van der Waals surface area contributed by atoms with Crippen molar-refractivity contribution in [2.75, 3.05) is 10.6 Å². The summed E-state index contributed by atoms with van der Waals surface area (Å²) in [5.74, 6) is -0.726. The summed E-state index contributed by atoms with van der Waals surface area (Å²) >= 11 is 1.35. The van der Waals surface area contributed by atoms with Crippen LogP contribution in [0.2, 0.25) is 0 Å². The lowest BCUT2D eigenvalue weighted by atomic mass is 9.95. The van der Waals surface area contributed by atoms with Gasteiger partial charge >= 0.3 is 0 Å². The Bertz CT molecular complexity index is 795. The molecule has 2 aromatic rings. The van der Waals surface area contributed by atoms with E-state index >= 15 is 0 Å². The molecule has 3 amide bonds. The lowest BCUT2D eigenvalue weighted by Crippen LogP contribution is -2.46. The van der Waals surface area contributed by atoms with Gasteiger partial charge in [0.2, 0.25) is 11.8 Å². The molecule has 0 spiro atoms. The number of hydrogen-bond acceptors (Lipinski definition) is 4. The monoisotopic (exact) mass is 373 g/mol.